The van der Waals surface area contributed by atoms with Crippen LogP contribution >= 0.6 is 11.8 Å². The SMILES string of the molecule is CCOC(=O)c1ccn2c(OC)nc(SC)nc12. The maximum Gasteiger partial charge on any atom is 0.341 e. The quantitative estimate of drug-likeness (QED) is 0.619. The molecule has 0 aliphatic heterocycles. The lowest BCUT2D eigenvalue weighted by Crippen LogP contribution is -2.07. The maximum atomic E-state index is 11.8. The normalized spacial score (nSPS) is 10.6. The Morgan fingerprint density at radius 1 is 1.50 bits per heavy atom. The van der Waals surface area contributed by atoms with E-state index in [4.69, 9.17) is 9.47 Å². The van der Waals surface area contributed by atoms with Crippen molar-refractivity contribution in [1.29, 1.82) is 0 Å². The molecule has 0 spiro atoms. The van der Waals surface area contributed by atoms with E-state index in [2.05, 4.69) is 9.97 Å². The van der Waals surface area contributed by atoms with E-state index in [9.17, 15) is 4.79 Å². The molecule has 0 radical (unpaired) electrons. The molecule has 2 rings (SSSR count). The number of aromatic nitrogens is 3. The van der Waals surface area contributed by atoms with Crippen LogP contribution in [-0.4, -0.2) is 40.3 Å². The van der Waals surface area contributed by atoms with Crippen LogP contribution in [0.25, 0.3) is 5.65 Å². The smallest absolute Gasteiger partial charge is 0.341 e. The van der Waals surface area contributed by atoms with Crippen LogP contribution in [0.5, 0.6) is 6.01 Å². The molecule has 0 aromatic carbocycles. The maximum absolute atomic E-state index is 11.8. The number of methoxy groups -OCH3 is 1. The van der Waals surface area contributed by atoms with Gasteiger partial charge in [-0.1, -0.05) is 11.8 Å². The van der Waals surface area contributed by atoms with E-state index in [1.54, 1.807) is 23.6 Å². The summed E-state index contributed by atoms with van der Waals surface area (Å²) >= 11 is 1.38. The molecule has 2 aromatic rings. The van der Waals surface area contributed by atoms with Crippen molar-refractivity contribution in [1.82, 2.24) is 14.4 Å². The molecule has 0 aliphatic rings. The van der Waals surface area contributed by atoms with Crippen molar-refractivity contribution in [2.24, 2.45) is 0 Å². The van der Waals surface area contributed by atoms with Crippen molar-refractivity contribution in [2.75, 3.05) is 20.0 Å². The van der Waals surface area contributed by atoms with Crippen molar-refractivity contribution < 1.29 is 14.3 Å². The summed E-state index contributed by atoms with van der Waals surface area (Å²) in [6.07, 6.45) is 3.54. The predicted molar refractivity (Wildman–Crippen MR) is 67.3 cm³/mol. The van der Waals surface area contributed by atoms with E-state index in [0.29, 0.717) is 29.0 Å². The lowest BCUT2D eigenvalue weighted by atomic mass is 10.3. The fourth-order valence-corrected chi connectivity index (χ4v) is 1.89. The number of thioether (sulfide) groups is 1. The Labute approximate surface area is 108 Å². The van der Waals surface area contributed by atoms with Gasteiger partial charge in [0.15, 0.2) is 10.8 Å². The van der Waals surface area contributed by atoms with Gasteiger partial charge in [-0.25, -0.2) is 9.78 Å². The van der Waals surface area contributed by atoms with Gasteiger partial charge in [0.2, 0.25) is 0 Å². The van der Waals surface area contributed by atoms with Crippen LogP contribution in [0.1, 0.15) is 17.3 Å². The number of nitrogens with zero attached hydrogens (tertiary/aromatic N) is 3. The minimum atomic E-state index is -0.396. The standard InChI is InChI=1S/C11H13N3O3S/c1-4-17-9(15)7-5-6-14-8(7)12-10(18-3)13-11(14)16-2/h5-6H,4H2,1-3H3. The van der Waals surface area contributed by atoms with Gasteiger partial charge in [-0.15, -0.1) is 0 Å². The average molecular weight is 267 g/mol. The van der Waals surface area contributed by atoms with Crippen LogP contribution in [0, 0.1) is 0 Å². The minimum Gasteiger partial charge on any atom is -0.468 e. The Bertz CT molecular complexity index is 582. The topological polar surface area (TPSA) is 65.7 Å². The van der Waals surface area contributed by atoms with Crippen molar-refractivity contribution in [3.63, 3.8) is 0 Å². The summed E-state index contributed by atoms with van der Waals surface area (Å²) in [5.41, 5.74) is 0.900. The highest BCUT2D eigenvalue weighted by atomic mass is 32.2. The van der Waals surface area contributed by atoms with Gasteiger partial charge < -0.3 is 9.47 Å². The van der Waals surface area contributed by atoms with Crippen molar-refractivity contribution in [2.45, 2.75) is 12.1 Å². The van der Waals surface area contributed by atoms with Gasteiger partial charge in [0, 0.05) is 6.20 Å². The van der Waals surface area contributed by atoms with Gasteiger partial charge in [0.1, 0.15) is 5.56 Å². The van der Waals surface area contributed by atoms with Gasteiger partial charge in [0.25, 0.3) is 0 Å². The van der Waals surface area contributed by atoms with E-state index in [0.717, 1.165) is 0 Å². The number of fused-ring (bicyclic) bond motifs is 1. The first kappa shape index (κ1) is 12.7. The second kappa shape index (κ2) is 5.26. The molecule has 0 unspecified atom stereocenters. The molecule has 2 heterocycles. The Hall–Kier alpha value is -1.76. The largest absolute Gasteiger partial charge is 0.468 e. The molecule has 96 valence electrons. The molecule has 0 aliphatic carbocycles. The van der Waals surface area contributed by atoms with E-state index in [-0.39, 0.29) is 0 Å². The van der Waals surface area contributed by atoms with E-state index >= 15 is 0 Å². The van der Waals surface area contributed by atoms with E-state index in [1.807, 2.05) is 6.26 Å². The monoisotopic (exact) mass is 267 g/mol. The summed E-state index contributed by atoms with van der Waals surface area (Å²) in [6, 6.07) is 2.04. The predicted octanol–water partition coefficient (Wildman–Crippen LogP) is 1.64. The van der Waals surface area contributed by atoms with Crippen LogP contribution in [0.15, 0.2) is 17.4 Å². The first-order valence-corrected chi connectivity index (χ1v) is 6.58. The zero-order valence-electron chi connectivity index (χ0n) is 10.3. The van der Waals surface area contributed by atoms with Gasteiger partial charge in [-0.3, -0.25) is 4.40 Å². The molecule has 2 aromatic heterocycles. The summed E-state index contributed by atoms with van der Waals surface area (Å²) in [5, 5.41) is 0.545. The Morgan fingerprint density at radius 2 is 2.28 bits per heavy atom. The number of rotatable bonds is 4. The zero-order chi connectivity index (χ0) is 13.1. The minimum absolute atomic E-state index is 0.327. The fraction of sp³-hybridized carbons (Fsp3) is 0.364. The molecule has 7 heteroatoms. The zero-order valence-corrected chi connectivity index (χ0v) is 11.2. The molecule has 0 bridgehead atoms. The summed E-state index contributed by atoms with van der Waals surface area (Å²) in [7, 11) is 1.52. The van der Waals surface area contributed by atoms with Crippen LogP contribution in [0.4, 0.5) is 0 Å². The van der Waals surface area contributed by atoms with Gasteiger partial charge >= 0.3 is 12.0 Å². The Balaban J connectivity index is 2.60. The lowest BCUT2D eigenvalue weighted by Gasteiger charge is -2.05. The molecule has 0 N–H and O–H groups in total. The first-order chi connectivity index (χ1) is 8.71. The van der Waals surface area contributed by atoms with Crippen LogP contribution in [0.3, 0.4) is 0 Å². The molecule has 0 saturated carbocycles. The van der Waals surface area contributed by atoms with Crippen LogP contribution < -0.4 is 4.74 Å². The highest BCUT2D eigenvalue weighted by Gasteiger charge is 2.17. The average Bonchev–Trinajstić information content (AvgIpc) is 2.81. The van der Waals surface area contributed by atoms with E-state index in [1.165, 1.54) is 18.9 Å². The number of esters is 1. The fourth-order valence-electron chi connectivity index (χ4n) is 1.55. The molecule has 18 heavy (non-hydrogen) atoms. The number of hydrogen-bond acceptors (Lipinski definition) is 6. The number of hydrogen-bond donors (Lipinski definition) is 0. The van der Waals surface area contributed by atoms with Crippen molar-refractivity contribution >= 4 is 23.4 Å². The molecule has 0 amide bonds. The summed E-state index contributed by atoms with van der Waals surface area (Å²) in [4.78, 5) is 20.3. The molecule has 6 nitrogen and oxygen atoms in total. The van der Waals surface area contributed by atoms with Gasteiger partial charge in [0.05, 0.1) is 13.7 Å². The number of ether oxygens (including phenoxy) is 2. The first-order valence-electron chi connectivity index (χ1n) is 5.35. The second-order valence-corrected chi connectivity index (χ2v) is 4.11. The highest BCUT2D eigenvalue weighted by Crippen LogP contribution is 2.20. The van der Waals surface area contributed by atoms with Gasteiger partial charge in [-0.2, -0.15) is 4.98 Å². The number of carbonyl (C=O) groups excluding carboxylic acids is 1. The molecular weight excluding hydrogens is 254 g/mol. The third kappa shape index (κ3) is 2.13. The lowest BCUT2D eigenvalue weighted by molar-refractivity contribution is 0.0528. The van der Waals surface area contributed by atoms with Crippen LogP contribution in [-0.2, 0) is 4.74 Å². The second-order valence-electron chi connectivity index (χ2n) is 3.34. The third-order valence-electron chi connectivity index (χ3n) is 2.32. The Kier molecular flexibility index (Phi) is 3.71. The highest BCUT2D eigenvalue weighted by molar-refractivity contribution is 7.98. The Morgan fingerprint density at radius 3 is 2.89 bits per heavy atom. The molecule has 0 fully saturated rings. The summed E-state index contributed by atoms with van der Waals surface area (Å²) in [6.45, 7) is 2.09. The van der Waals surface area contributed by atoms with Crippen molar-refractivity contribution in [3.05, 3.63) is 17.8 Å². The van der Waals surface area contributed by atoms with E-state index < -0.39 is 5.97 Å². The summed E-state index contributed by atoms with van der Waals surface area (Å²) in [5.74, 6) is -0.396. The summed E-state index contributed by atoms with van der Waals surface area (Å²) < 4.78 is 11.8. The molecule has 0 atom stereocenters. The van der Waals surface area contributed by atoms with Gasteiger partial charge in [-0.05, 0) is 19.2 Å². The molecular formula is C11H13N3O3S. The molecule has 0 saturated heterocycles. The number of carbonyl (C=O) groups is 1. The van der Waals surface area contributed by atoms with Crippen LogP contribution in [0.2, 0.25) is 0 Å². The third-order valence-corrected chi connectivity index (χ3v) is 2.87. The van der Waals surface area contributed by atoms with Crippen molar-refractivity contribution in [3.8, 4) is 6.01 Å².